The number of ether oxygens (including phenoxy) is 3. The number of carbonyl (C=O) groups excluding carboxylic acids is 2. The normalized spacial score (nSPS) is 12.4. The van der Waals surface area contributed by atoms with Gasteiger partial charge >= 0.3 is 5.97 Å². The van der Waals surface area contributed by atoms with E-state index >= 15 is 0 Å². The van der Waals surface area contributed by atoms with Crippen LogP contribution in [0.4, 0.5) is 11.4 Å². The largest absolute Gasteiger partial charge is 0.486 e. The van der Waals surface area contributed by atoms with Crippen molar-refractivity contribution in [2.45, 2.75) is 19.9 Å². The third kappa shape index (κ3) is 4.45. The van der Waals surface area contributed by atoms with Gasteiger partial charge in [-0.3, -0.25) is 14.9 Å². The number of fused-ring (bicyclic) bond motifs is 1. The molecule has 1 heterocycles. The van der Waals surface area contributed by atoms with Crippen molar-refractivity contribution in [2.24, 2.45) is 0 Å². The van der Waals surface area contributed by atoms with Crippen LogP contribution in [-0.2, 0) is 9.53 Å². The van der Waals surface area contributed by atoms with Gasteiger partial charge in [0.2, 0.25) is 0 Å². The van der Waals surface area contributed by atoms with E-state index in [1.165, 1.54) is 11.0 Å². The Morgan fingerprint density at radius 3 is 2.34 bits per heavy atom. The molecular weight excluding hydrogens is 380 g/mol. The van der Waals surface area contributed by atoms with E-state index in [0.29, 0.717) is 5.69 Å². The fourth-order valence-electron chi connectivity index (χ4n) is 2.99. The minimum absolute atomic E-state index is 0.174. The van der Waals surface area contributed by atoms with E-state index in [-0.39, 0.29) is 36.3 Å². The standard InChI is InChI=1S/C20H20N2O7/c1-13(2)21(14-6-4-3-5-7-14)19(23)12-29-20(24)15-10-17-18(28-9-8-27-17)11-16(15)22(25)26/h3-7,10-11,13H,8-9,12H2,1-2H3. The van der Waals surface area contributed by atoms with Gasteiger partial charge in [0.05, 0.1) is 11.0 Å². The summed E-state index contributed by atoms with van der Waals surface area (Å²) in [7, 11) is 0. The lowest BCUT2D eigenvalue weighted by atomic mass is 10.1. The van der Waals surface area contributed by atoms with E-state index in [2.05, 4.69) is 0 Å². The van der Waals surface area contributed by atoms with Crippen molar-refractivity contribution in [1.29, 1.82) is 0 Å². The van der Waals surface area contributed by atoms with E-state index in [1.54, 1.807) is 24.3 Å². The van der Waals surface area contributed by atoms with Crippen LogP contribution in [0.25, 0.3) is 0 Å². The minimum atomic E-state index is -0.987. The zero-order chi connectivity index (χ0) is 21.0. The van der Waals surface area contributed by atoms with Gasteiger partial charge in [0, 0.05) is 17.8 Å². The Hall–Kier alpha value is -3.62. The van der Waals surface area contributed by atoms with Gasteiger partial charge in [0.1, 0.15) is 18.8 Å². The van der Waals surface area contributed by atoms with Gasteiger partial charge in [-0.15, -0.1) is 0 Å². The number of amides is 1. The minimum Gasteiger partial charge on any atom is -0.486 e. The molecule has 9 nitrogen and oxygen atoms in total. The van der Waals surface area contributed by atoms with E-state index in [9.17, 15) is 19.7 Å². The highest BCUT2D eigenvalue weighted by atomic mass is 16.6. The Morgan fingerprint density at radius 1 is 1.14 bits per heavy atom. The number of hydrogen-bond acceptors (Lipinski definition) is 7. The highest BCUT2D eigenvalue weighted by molar-refractivity contribution is 5.99. The Kier molecular flexibility index (Phi) is 5.96. The summed E-state index contributed by atoms with van der Waals surface area (Å²) < 4.78 is 15.8. The van der Waals surface area contributed by atoms with Crippen molar-refractivity contribution >= 4 is 23.3 Å². The van der Waals surface area contributed by atoms with Crippen molar-refractivity contribution in [3.63, 3.8) is 0 Å². The molecule has 1 aliphatic heterocycles. The van der Waals surface area contributed by atoms with Crippen LogP contribution in [0.1, 0.15) is 24.2 Å². The quantitative estimate of drug-likeness (QED) is 0.417. The monoisotopic (exact) mass is 400 g/mol. The first-order valence-corrected chi connectivity index (χ1v) is 9.00. The Balaban J connectivity index is 1.78. The molecule has 0 saturated heterocycles. The second-order valence-electron chi connectivity index (χ2n) is 6.54. The highest BCUT2D eigenvalue weighted by Gasteiger charge is 2.28. The molecule has 2 aromatic carbocycles. The number of nitro benzene ring substituents is 1. The molecule has 0 bridgehead atoms. The number of benzene rings is 2. The molecule has 29 heavy (non-hydrogen) atoms. The summed E-state index contributed by atoms with van der Waals surface area (Å²) in [5.41, 5.74) is -0.118. The van der Waals surface area contributed by atoms with E-state index in [4.69, 9.17) is 14.2 Å². The molecular formula is C20H20N2O7. The Labute approximate surface area is 166 Å². The Bertz CT molecular complexity index is 928. The van der Waals surface area contributed by atoms with Gasteiger partial charge in [-0.1, -0.05) is 18.2 Å². The first kappa shape index (κ1) is 20.1. The molecule has 0 aromatic heterocycles. The predicted octanol–water partition coefficient (Wildman–Crippen LogP) is 2.96. The van der Waals surface area contributed by atoms with Crippen LogP contribution in [0, 0.1) is 10.1 Å². The van der Waals surface area contributed by atoms with Crippen LogP contribution in [0.3, 0.4) is 0 Å². The zero-order valence-corrected chi connectivity index (χ0v) is 16.0. The van der Waals surface area contributed by atoms with Crippen molar-refractivity contribution < 1.29 is 28.7 Å². The van der Waals surface area contributed by atoms with E-state index in [1.807, 2.05) is 19.9 Å². The summed E-state index contributed by atoms with van der Waals surface area (Å²) in [5.74, 6) is -1.03. The lowest BCUT2D eigenvalue weighted by molar-refractivity contribution is -0.385. The molecule has 0 spiro atoms. The molecule has 0 atom stereocenters. The molecule has 0 fully saturated rings. The fourth-order valence-corrected chi connectivity index (χ4v) is 2.99. The SMILES string of the molecule is CC(C)N(C(=O)COC(=O)c1cc2c(cc1[N+](=O)[O-])OCCO2)c1ccccc1. The van der Waals surface area contributed by atoms with Gasteiger partial charge < -0.3 is 19.1 Å². The molecule has 0 radical (unpaired) electrons. The third-order valence-corrected chi connectivity index (χ3v) is 4.22. The van der Waals surface area contributed by atoms with Gasteiger partial charge in [-0.25, -0.2) is 4.79 Å². The molecule has 0 N–H and O–H groups in total. The molecule has 0 saturated carbocycles. The number of rotatable bonds is 6. The van der Waals surface area contributed by atoms with Crippen molar-refractivity contribution in [2.75, 3.05) is 24.7 Å². The molecule has 1 aliphatic rings. The average molecular weight is 400 g/mol. The Morgan fingerprint density at radius 2 is 1.76 bits per heavy atom. The van der Waals surface area contributed by atoms with Gasteiger partial charge in [0.15, 0.2) is 18.1 Å². The third-order valence-electron chi connectivity index (χ3n) is 4.22. The molecule has 1 amide bonds. The maximum atomic E-state index is 12.6. The molecule has 0 unspecified atom stereocenters. The van der Waals surface area contributed by atoms with Crippen LogP contribution in [0.2, 0.25) is 0 Å². The van der Waals surface area contributed by atoms with Gasteiger partial charge in [-0.2, -0.15) is 0 Å². The zero-order valence-electron chi connectivity index (χ0n) is 16.0. The summed E-state index contributed by atoms with van der Waals surface area (Å²) in [4.78, 5) is 37.3. The first-order valence-electron chi connectivity index (χ1n) is 9.00. The average Bonchev–Trinajstić information content (AvgIpc) is 2.71. The van der Waals surface area contributed by atoms with E-state index in [0.717, 1.165) is 6.07 Å². The number of carbonyl (C=O) groups is 2. The number of hydrogen-bond donors (Lipinski definition) is 0. The van der Waals surface area contributed by atoms with Crippen LogP contribution in [0.5, 0.6) is 11.5 Å². The highest BCUT2D eigenvalue weighted by Crippen LogP contribution is 2.36. The molecule has 2 aromatic rings. The van der Waals surface area contributed by atoms with Crippen LogP contribution >= 0.6 is 0 Å². The van der Waals surface area contributed by atoms with Crippen molar-refractivity contribution in [1.82, 2.24) is 0 Å². The fraction of sp³-hybridized carbons (Fsp3) is 0.300. The number of nitro groups is 1. The summed E-state index contributed by atoms with van der Waals surface area (Å²) in [6, 6.07) is 11.1. The van der Waals surface area contributed by atoms with Gasteiger partial charge in [-0.05, 0) is 26.0 Å². The lowest BCUT2D eigenvalue weighted by Gasteiger charge is -2.26. The summed E-state index contributed by atoms with van der Waals surface area (Å²) in [6.45, 7) is 3.62. The van der Waals surface area contributed by atoms with Crippen molar-refractivity contribution in [3.8, 4) is 11.5 Å². The second kappa shape index (κ2) is 8.59. The number of para-hydroxylation sites is 1. The van der Waals surface area contributed by atoms with Gasteiger partial charge in [0.25, 0.3) is 11.6 Å². The first-order chi connectivity index (χ1) is 13.9. The topological polar surface area (TPSA) is 108 Å². The number of esters is 1. The lowest BCUT2D eigenvalue weighted by Crippen LogP contribution is -2.39. The number of nitrogens with zero attached hydrogens (tertiary/aromatic N) is 2. The smallest absolute Gasteiger partial charge is 0.345 e. The second-order valence-corrected chi connectivity index (χ2v) is 6.54. The summed E-state index contributed by atoms with van der Waals surface area (Å²) >= 11 is 0. The summed E-state index contributed by atoms with van der Waals surface area (Å²) in [6.07, 6.45) is 0. The van der Waals surface area contributed by atoms with Crippen LogP contribution in [0.15, 0.2) is 42.5 Å². The molecule has 152 valence electrons. The molecule has 9 heteroatoms. The predicted molar refractivity (Wildman–Crippen MR) is 103 cm³/mol. The molecule has 3 rings (SSSR count). The molecule has 0 aliphatic carbocycles. The maximum absolute atomic E-state index is 12.6. The van der Waals surface area contributed by atoms with Crippen LogP contribution in [-0.4, -0.2) is 42.7 Å². The number of anilines is 1. The maximum Gasteiger partial charge on any atom is 0.345 e. The van der Waals surface area contributed by atoms with Crippen molar-refractivity contribution in [3.05, 3.63) is 58.1 Å². The van der Waals surface area contributed by atoms with E-state index < -0.39 is 29.1 Å². The van der Waals surface area contributed by atoms with Crippen LogP contribution < -0.4 is 14.4 Å². The summed E-state index contributed by atoms with van der Waals surface area (Å²) in [5, 5.41) is 11.4.